The summed E-state index contributed by atoms with van der Waals surface area (Å²) >= 11 is 0. The number of nitrogens with zero attached hydrogens (tertiary/aromatic N) is 2. The monoisotopic (exact) mass is 308 g/mol. The fraction of sp³-hybridized carbons (Fsp3) is 0.214. The normalized spacial score (nSPS) is 13.5. The number of alkyl halides is 3. The predicted octanol–water partition coefficient (Wildman–Crippen LogP) is 2.83. The van der Waals surface area contributed by atoms with Gasteiger partial charge in [-0.15, -0.1) is 0 Å². The Labute approximate surface area is 122 Å². The van der Waals surface area contributed by atoms with Crippen LogP contribution in [0.3, 0.4) is 0 Å². The average molecular weight is 308 g/mol. The van der Waals surface area contributed by atoms with Crippen LogP contribution in [0.25, 0.3) is 21.7 Å². The molecule has 0 amide bonds. The Morgan fingerprint density at radius 3 is 2.77 bits per heavy atom. The number of H-pyrrole nitrogens is 1. The zero-order chi connectivity index (χ0) is 15.9. The number of rotatable bonds is 2. The van der Waals surface area contributed by atoms with Gasteiger partial charge >= 0.3 is 6.18 Å². The SMILES string of the molecule is C[C@H](Nc1nc2ccncc2c2c(=O)[nH]ccc12)C(F)(F)F. The Hall–Kier alpha value is -2.64. The maximum Gasteiger partial charge on any atom is 0.408 e. The van der Waals surface area contributed by atoms with Crippen LogP contribution in [0.2, 0.25) is 0 Å². The highest BCUT2D eigenvalue weighted by molar-refractivity contribution is 6.09. The second kappa shape index (κ2) is 4.97. The Morgan fingerprint density at radius 2 is 2.05 bits per heavy atom. The van der Waals surface area contributed by atoms with Crippen molar-refractivity contribution in [3.8, 4) is 0 Å². The first-order valence-corrected chi connectivity index (χ1v) is 6.46. The van der Waals surface area contributed by atoms with Gasteiger partial charge in [-0.3, -0.25) is 9.78 Å². The molecular formula is C14H11F3N4O. The third-order valence-electron chi connectivity index (χ3n) is 3.36. The summed E-state index contributed by atoms with van der Waals surface area (Å²) in [6.07, 6.45) is -0.105. The minimum Gasteiger partial charge on any atom is -0.358 e. The molecule has 0 unspecified atom stereocenters. The Kier molecular flexibility index (Phi) is 3.23. The smallest absolute Gasteiger partial charge is 0.358 e. The molecule has 0 bridgehead atoms. The van der Waals surface area contributed by atoms with Gasteiger partial charge in [0, 0.05) is 29.4 Å². The molecule has 0 aliphatic rings. The molecule has 22 heavy (non-hydrogen) atoms. The van der Waals surface area contributed by atoms with Gasteiger partial charge in [-0.05, 0) is 19.1 Å². The highest BCUT2D eigenvalue weighted by Crippen LogP contribution is 2.29. The molecule has 0 fully saturated rings. The summed E-state index contributed by atoms with van der Waals surface area (Å²) in [6.45, 7) is 0.997. The minimum absolute atomic E-state index is 0.0182. The van der Waals surface area contributed by atoms with Crippen molar-refractivity contribution in [1.82, 2.24) is 15.0 Å². The quantitative estimate of drug-likeness (QED) is 0.714. The van der Waals surface area contributed by atoms with E-state index in [9.17, 15) is 18.0 Å². The van der Waals surface area contributed by atoms with Gasteiger partial charge in [0.05, 0.1) is 10.9 Å². The maximum absolute atomic E-state index is 12.8. The molecule has 0 saturated carbocycles. The number of hydrogen-bond acceptors (Lipinski definition) is 4. The van der Waals surface area contributed by atoms with Crippen LogP contribution >= 0.6 is 0 Å². The lowest BCUT2D eigenvalue weighted by Crippen LogP contribution is -2.33. The highest BCUT2D eigenvalue weighted by Gasteiger charge is 2.36. The number of aromatic amines is 1. The molecule has 0 spiro atoms. The molecule has 0 radical (unpaired) electrons. The summed E-state index contributed by atoms with van der Waals surface area (Å²) in [4.78, 5) is 22.7. The first kappa shape index (κ1) is 14.3. The minimum atomic E-state index is -4.41. The zero-order valence-corrected chi connectivity index (χ0v) is 11.4. The van der Waals surface area contributed by atoms with E-state index in [-0.39, 0.29) is 11.2 Å². The summed E-state index contributed by atoms with van der Waals surface area (Å²) in [7, 11) is 0. The lowest BCUT2D eigenvalue weighted by Gasteiger charge is -2.19. The van der Waals surface area contributed by atoms with Crippen molar-refractivity contribution >= 4 is 27.5 Å². The van der Waals surface area contributed by atoms with Crippen LogP contribution < -0.4 is 10.9 Å². The van der Waals surface area contributed by atoms with Crippen LogP contribution in [0.4, 0.5) is 19.0 Å². The van der Waals surface area contributed by atoms with Crippen molar-refractivity contribution in [2.24, 2.45) is 0 Å². The lowest BCUT2D eigenvalue weighted by molar-refractivity contribution is -0.138. The van der Waals surface area contributed by atoms with Crippen LogP contribution in [0.1, 0.15) is 6.92 Å². The Bertz CT molecular complexity index is 904. The van der Waals surface area contributed by atoms with Gasteiger partial charge < -0.3 is 10.3 Å². The van der Waals surface area contributed by atoms with Crippen molar-refractivity contribution in [2.45, 2.75) is 19.1 Å². The number of aromatic nitrogens is 3. The van der Waals surface area contributed by atoms with E-state index in [4.69, 9.17) is 0 Å². The molecule has 5 nitrogen and oxygen atoms in total. The van der Waals surface area contributed by atoms with E-state index in [1.54, 1.807) is 6.07 Å². The van der Waals surface area contributed by atoms with Gasteiger partial charge in [-0.1, -0.05) is 0 Å². The van der Waals surface area contributed by atoms with Crippen LogP contribution in [0.15, 0.2) is 35.5 Å². The topological polar surface area (TPSA) is 70.7 Å². The molecule has 2 N–H and O–H groups in total. The number of halogens is 3. The molecule has 0 saturated heterocycles. The lowest BCUT2D eigenvalue weighted by atomic mass is 10.1. The van der Waals surface area contributed by atoms with E-state index in [2.05, 4.69) is 20.3 Å². The van der Waals surface area contributed by atoms with Crippen molar-refractivity contribution < 1.29 is 13.2 Å². The van der Waals surface area contributed by atoms with Gasteiger partial charge in [0.25, 0.3) is 5.56 Å². The van der Waals surface area contributed by atoms with Gasteiger partial charge in [0.15, 0.2) is 0 Å². The van der Waals surface area contributed by atoms with Crippen LogP contribution in [-0.4, -0.2) is 27.2 Å². The van der Waals surface area contributed by atoms with Gasteiger partial charge in [-0.25, -0.2) is 4.98 Å². The molecule has 3 rings (SSSR count). The third-order valence-corrected chi connectivity index (χ3v) is 3.36. The van der Waals surface area contributed by atoms with Crippen molar-refractivity contribution in [2.75, 3.05) is 5.32 Å². The molecule has 0 aliphatic carbocycles. The van der Waals surface area contributed by atoms with Crippen LogP contribution in [-0.2, 0) is 0 Å². The van der Waals surface area contributed by atoms with E-state index in [0.717, 1.165) is 6.92 Å². The van der Waals surface area contributed by atoms with E-state index < -0.39 is 17.8 Å². The predicted molar refractivity (Wildman–Crippen MR) is 76.8 cm³/mol. The summed E-state index contributed by atoms with van der Waals surface area (Å²) in [5.41, 5.74) is -0.00307. The highest BCUT2D eigenvalue weighted by atomic mass is 19.4. The molecule has 0 aliphatic heterocycles. The summed E-state index contributed by atoms with van der Waals surface area (Å²) in [6, 6.07) is 1.27. The fourth-order valence-corrected chi connectivity index (χ4v) is 2.20. The summed E-state index contributed by atoms with van der Waals surface area (Å²) < 4.78 is 38.3. The van der Waals surface area contributed by atoms with E-state index in [0.29, 0.717) is 16.3 Å². The molecule has 8 heteroatoms. The Balaban J connectivity index is 2.29. The Morgan fingerprint density at radius 1 is 1.27 bits per heavy atom. The molecular weight excluding hydrogens is 297 g/mol. The molecule has 3 heterocycles. The van der Waals surface area contributed by atoms with Gasteiger partial charge in [0.2, 0.25) is 0 Å². The van der Waals surface area contributed by atoms with E-state index >= 15 is 0 Å². The van der Waals surface area contributed by atoms with Crippen molar-refractivity contribution in [3.63, 3.8) is 0 Å². The second-order valence-corrected chi connectivity index (χ2v) is 4.86. The largest absolute Gasteiger partial charge is 0.408 e. The molecule has 3 aromatic rings. The molecule has 3 aromatic heterocycles. The maximum atomic E-state index is 12.8. The fourth-order valence-electron chi connectivity index (χ4n) is 2.20. The van der Waals surface area contributed by atoms with Crippen molar-refractivity contribution in [3.05, 3.63) is 41.1 Å². The number of hydrogen-bond donors (Lipinski definition) is 2. The second-order valence-electron chi connectivity index (χ2n) is 4.86. The standard InChI is InChI=1S/C14H11F3N4O/c1-7(14(15,16)17)20-12-8-2-5-19-13(22)11(8)9-6-18-4-3-10(9)21-12/h2-7H,1H3,(H,19,22)(H,20,21)/t7-/m0/s1. The molecule has 114 valence electrons. The number of pyridine rings is 3. The number of nitrogens with one attached hydrogen (secondary N) is 2. The van der Waals surface area contributed by atoms with Crippen LogP contribution in [0.5, 0.6) is 0 Å². The van der Waals surface area contributed by atoms with Crippen LogP contribution in [0, 0.1) is 0 Å². The van der Waals surface area contributed by atoms with Gasteiger partial charge in [-0.2, -0.15) is 13.2 Å². The number of fused-ring (bicyclic) bond motifs is 3. The summed E-state index contributed by atoms with van der Waals surface area (Å²) in [5, 5.41) is 3.41. The van der Waals surface area contributed by atoms with E-state index in [1.807, 2.05) is 0 Å². The molecule has 1 atom stereocenters. The third kappa shape index (κ3) is 2.36. The first-order valence-electron chi connectivity index (χ1n) is 6.46. The van der Waals surface area contributed by atoms with Crippen molar-refractivity contribution in [1.29, 1.82) is 0 Å². The zero-order valence-electron chi connectivity index (χ0n) is 11.4. The first-order chi connectivity index (χ1) is 10.4. The van der Waals surface area contributed by atoms with Gasteiger partial charge in [0.1, 0.15) is 11.9 Å². The average Bonchev–Trinajstić information content (AvgIpc) is 2.46. The number of anilines is 1. The molecule has 0 aromatic carbocycles. The van der Waals surface area contributed by atoms with E-state index in [1.165, 1.54) is 24.7 Å². The summed E-state index contributed by atoms with van der Waals surface area (Å²) in [5.74, 6) is 0.0182.